The van der Waals surface area contributed by atoms with Gasteiger partial charge in [0.2, 0.25) is 0 Å². The molecule has 7 nitrogen and oxygen atoms in total. The van der Waals surface area contributed by atoms with Crippen molar-refractivity contribution in [2.75, 3.05) is 11.0 Å². The molecular formula is C26H26F2N4O3S2. The average molecular weight is 545 g/mol. The van der Waals surface area contributed by atoms with E-state index in [0.717, 1.165) is 36.6 Å². The van der Waals surface area contributed by atoms with Gasteiger partial charge in [0.15, 0.2) is 5.84 Å². The fourth-order valence-electron chi connectivity index (χ4n) is 6.31. The van der Waals surface area contributed by atoms with E-state index in [2.05, 4.69) is 14.4 Å². The van der Waals surface area contributed by atoms with Crippen molar-refractivity contribution in [3.8, 4) is 0 Å². The summed E-state index contributed by atoms with van der Waals surface area (Å²) in [6.45, 7) is -0.00763. The summed E-state index contributed by atoms with van der Waals surface area (Å²) in [6.07, 6.45) is 5.42. The van der Waals surface area contributed by atoms with E-state index >= 15 is 0 Å². The molecule has 0 spiro atoms. The van der Waals surface area contributed by atoms with Gasteiger partial charge in [0, 0.05) is 42.1 Å². The van der Waals surface area contributed by atoms with Crippen LogP contribution in [0.15, 0.2) is 57.6 Å². The normalized spacial score (nSPS) is 27.3. The summed E-state index contributed by atoms with van der Waals surface area (Å²) >= 11 is 1.25. The van der Waals surface area contributed by atoms with Gasteiger partial charge in [-0.25, -0.2) is 18.0 Å². The molecule has 37 heavy (non-hydrogen) atoms. The van der Waals surface area contributed by atoms with Crippen LogP contribution in [0.4, 0.5) is 20.2 Å². The van der Waals surface area contributed by atoms with Crippen molar-refractivity contribution < 1.29 is 22.9 Å². The Morgan fingerprint density at radius 2 is 1.92 bits per heavy atom. The highest BCUT2D eigenvalue weighted by Crippen LogP contribution is 2.52. The van der Waals surface area contributed by atoms with Gasteiger partial charge in [-0.05, 0) is 73.7 Å². The predicted octanol–water partition coefficient (Wildman–Crippen LogP) is 4.97. The molecule has 0 aromatic heterocycles. The van der Waals surface area contributed by atoms with Gasteiger partial charge in [-0.1, -0.05) is 6.07 Å². The van der Waals surface area contributed by atoms with Crippen LogP contribution in [0, 0.1) is 29.4 Å². The molecule has 11 heteroatoms. The van der Waals surface area contributed by atoms with Gasteiger partial charge < -0.3 is 19.5 Å². The van der Waals surface area contributed by atoms with Crippen molar-refractivity contribution in [2.45, 2.75) is 43.2 Å². The number of anilines is 1. The van der Waals surface area contributed by atoms with E-state index in [0.29, 0.717) is 11.4 Å². The molecule has 2 aromatic carbocycles. The first-order valence-corrected chi connectivity index (χ1v) is 14.6. The van der Waals surface area contributed by atoms with Gasteiger partial charge in [0.05, 0.1) is 10.6 Å². The number of carbonyl (C=O) groups excluding carboxylic acids is 1. The molecule has 2 aliphatic heterocycles. The lowest BCUT2D eigenvalue weighted by Gasteiger charge is -2.54. The van der Waals surface area contributed by atoms with Gasteiger partial charge in [0.1, 0.15) is 34.0 Å². The van der Waals surface area contributed by atoms with Crippen molar-refractivity contribution in [1.82, 2.24) is 9.62 Å². The second-order valence-corrected chi connectivity index (χ2v) is 12.0. The minimum Gasteiger partial charge on any atom is -0.511 e. The van der Waals surface area contributed by atoms with Crippen LogP contribution in [0.3, 0.4) is 0 Å². The lowest BCUT2D eigenvalue weighted by molar-refractivity contribution is -0.140. The molecule has 0 saturated heterocycles. The Labute approximate surface area is 220 Å². The highest BCUT2D eigenvalue weighted by atomic mass is 32.2. The van der Waals surface area contributed by atoms with E-state index in [4.69, 9.17) is 0 Å². The highest BCUT2D eigenvalue weighted by Gasteiger charge is 2.54. The number of benzene rings is 2. The zero-order valence-electron chi connectivity index (χ0n) is 20.0. The third kappa shape index (κ3) is 4.31. The molecule has 7 rings (SSSR count). The van der Waals surface area contributed by atoms with Crippen molar-refractivity contribution in [3.05, 3.63) is 64.9 Å². The summed E-state index contributed by atoms with van der Waals surface area (Å²) in [5.41, 5.74) is 1.63. The van der Waals surface area contributed by atoms with Crippen molar-refractivity contribution >= 4 is 46.1 Å². The smallest absolute Gasteiger partial charge is 0.261 e. The number of hydrogen-bond donors (Lipinski definition) is 3. The van der Waals surface area contributed by atoms with Crippen LogP contribution in [0.2, 0.25) is 0 Å². The molecule has 5 aliphatic rings. The van der Waals surface area contributed by atoms with Gasteiger partial charge in [-0.2, -0.15) is 0 Å². The van der Waals surface area contributed by atoms with E-state index in [-0.39, 0.29) is 53.1 Å². The summed E-state index contributed by atoms with van der Waals surface area (Å²) in [5.74, 6) is -1.27. The second kappa shape index (κ2) is 9.43. The maximum atomic E-state index is 14.6. The fraction of sp³-hybridized carbons (Fsp3) is 0.385. The maximum Gasteiger partial charge on any atom is 0.261 e. The van der Waals surface area contributed by atoms with Crippen LogP contribution < -0.4 is 9.44 Å². The molecule has 2 aromatic rings. The van der Waals surface area contributed by atoms with E-state index < -0.39 is 28.5 Å². The first-order valence-electron chi connectivity index (χ1n) is 12.2. The fourth-order valence-corrected chi connectivity index (χ4v) is 7.53. The zero-order valence-corrected chi connectivity index (χ0v) is 21.7. The molecular weight excluding hydrogens is 518 g/mol. The largest absolute Gasteiger partial charge is 0.511 e. The number of rotatable bonds is 5. The topological polar surface area (TPSA) is 94.0 Å². The summed E-state index contributed by atoms with van der Waals surface area (Å²) < 4.78 is 45.7. The van der Waals surface area contributed by atoms with E-state index in [9.17, 15) is 22.9 Å². The average Bonchev–Trinajstić information content (AvgIpc) is 2.87. The zero-order chi connectivity index (χ0) is 25.8. The summed E-state index contributed by atoms with van der Waals surface area (Å²) in [7, 11) is -1.22. The molecule has 3 aliphatic carbocycles. The molecule has 3 atom stereocenters. The molecule has 0 radical (unpaired) electrons. The number of carbonyl (C=O) groups is 1. The lowest BCUT2D eigenvalue weighted by Crippen LogP contribution is -2.60. The predicted molar refractivity (Wildman–Crippen MR) is 140 cm³/mol. The number of nitrogens with one attached hydrogen (secondary N) is 2. The number of halogens is 2. The maximum absolute atomic E-state index is 14.6. The Morgan fingerprint density at radius 3 is 2.65 bits per heavy atom. The number of aliphatic hydroxyl groups excluding tert-OH is 1. The molecule has 2 heterocycles. The summed E-state index contributed by atoms with van der Waals surface area (Å²) in [4.78, 5) is 21.1. The third-order valence-corrected chi connectivity index (χ3v) is 9.25. The van der Waals surface area contributed by atoms with Crippen molar-refractivity contribution in [2.24, 2.45) is 22.7 Å². The lowest BCUT2D eigenvalue weighted by atomic mass is 9.59. The number of nitrogens with zero attached hydrogens (tertiary/aromatic N) is 2. The number of aliphatic hydroxyl groups is 1. The van der Waals surface area contributed by atoms with Crippen molar-refractivity contribution in [1.29, 1.82) is 0 Å². The number of fused-ring (bicyclic) bond motifs is 3. The SMILES string of the molecule is CS(=O)Nc1ccc2c(c1)SNC(C1=C(O)[C@@H]3C4CCC(CC4)[C@@H]3N(Cc3ccc(F)cc3F)C1=O)=N2. The Bertz CT molecular complexity index is 1370. The number of aliphatic imine (C=N–C) groups is 1. The van der Waals surface area contributed by atoms with E-state index in [1.807, 2.05) is 6.07 Å². The van der Waals surface area contributed by atoms with Gasteiger partial charge in [0.25, 0.3) is 5.91 Å². The van der Waals surface area contributed by atoms with Crippen LogP contribution >= 0.6 is 11.9 Å². The van der Waals surface area contributed by atoms with Gasteiger partial charge >= 0.3 is 0 Å². The Balaban J connectivity index is 1.40. The number of amides is 1. The monoisotopic (exact) mass is 544 g/mol. The molecule has 3 saturated carbocycles. The van der Waals surface area contributed by atoms with Crippen molar-refractivity contribution in [3.63, 3.8) is 0 Å². The van der Waals surface area contributed by atoms with Gasteiger partial charge in [-0.3, -0.25) is 4.79 Å². The minimum absolute atomic E-state index is 0.00763. The summed E-state index contributed by atoms with van der Waals surface area (Å²) in [6, 6.07) is 8.50. The number of amidine groups is 1. The van der Waals surface area contributed by atoms with Crippen LogP contribution in [-0.2, 0) is 22.3 Å². The Hall–Kier alpha value is -2.92. The van der Waals surface area contributed by atoms with Crippen LogP contribution in [0.1, 0.15) is 31.2 Å². The number of hydrogen-bond acceptors (Lipinski definition) is 6. The second-order valence-electron chi connectivity index (χ2n) is 10.0. The standard InChI is InChI=1S/C26H26F2N4O3S2/c1-37(35)31-17-8-9-19-20(11-17)36-30-25(29-19)22-24(33)21-13-2-4-14(5-3-13)23(21)32(26(22)34)12-15-6-7-16(27)10-18(15)28/h6-11,13-14,21,23,31,33H,2-5,12H2,1H3,(H,29,30)/t13?,14?,21-,23+,37?/m1/s1. The Morgan fingerprint density at radius 1 is 1.16 bits per heavy atom. The van der Waals surface area contributed by atoms with E-state index in [1.165, 1.54) is 24.1 Å². The minimum atomic E-state index is -1.22. The molecule has 3 N–H and O–H groups in total. The molecule has 1 amide bonds. The third-order valence-electron chi connectivity index (χ3n) is 7.89. The first kappa shape index (κ1) is 24.4. The molecule has 2 bridgehead atoms. The molecule has 1 unspecified atom stereocenters. The highest BCUT2D eigenvalue weighted by molar-refractivity contribution is 7.98. The first-order chi connectivity index (χ1) is 17.8. The van der Waals surface area contributed by atoms with E-state index in [1.54, 1.807) is 23.3 Å². The Kier molecular flexibility index (Phi) is 6.22. The van der Waals surface area contributed by atoms with Crippen LogP contribution in [-0.4, -0.2) is 38.3 Å². The quantitative estimate of drug-likeness (QED) is 0.462. The summed E-state index contributed by atoms with van der Waals surface area (Å²) in [5, 5.41) is 11.5. The molecule has 3 fully saturated rings. The van der Waals surface area contributed by atoms with Crippen LogP contribution in [0.25, 0.3) is 0 Å². The van der Waals surface area contributed by atoms with Crippen LogP contribution in [0.5, 0.6) is 0 Å². The molecule has 194 valence electrons. The van der Waals surface area contributed by atoms with Gasteiger partial charge in [-0.15, -0.1) is 0 Å².